The Bertz CT molecular complexity index is 624. The van der Waals surface area contributed by atoms with Gasteiger partial charge in [0.15, 0.2) is 4.34 Å². The molecular formula is C12H13N3O2S2. The lowest BCUT2D eigenvalue weighted by Gasteiger charge is -2.02. The first-order valence-corrected chi connectivity index (χ1v) is 7.50. The average Bonchev–Trinajstić information content (AvgIpc) is 2.78. The van der Waals surface area contributed by atoms with E-state index >= 15 is 0 Å². The van der Waals surface area contributed by atoms with Crippen LogP contribution in [0.25, 0.3) is 10.2 Å². The summed E-state index contributed by atoms with van der Waals surface area (Å²) in [6.07, 6.45) is 0.445. The number of hydrogen-bond donors (Lipinski definition) is 2. The lowest BCUT2D eigenvalue weighted by atomic mass is 10.3. The van der Waals surface area contributed by atoms with Gasteiger partial charge in [-0.25, -0.2) is 4.98 Å². The van der Waals surface area contributed by atoms with E-state index in [2.05, 4.69) is 10.3 Å². The zero-order chi connectivity index (χ0) is 13.8. The van der Waals surface area contributed by atoms with E-state index in [0.717, 1.165) is 20.2 Å². The molecule has 100 valence electrons. The third-order valence-electron chi connectivity index (χ3n) is 2.31. The van der Waals surface area contributed by atoms with E-state index in [1.165, 1.54) is 23.1 Å². The van der Waals surface area contributed by atoms with Gasteiger partial charge >= 0.3 is 0 Å². The monoisotopic (exact) mass is 295 g/mol. The molecule has 0 radical (unpaired) electrons. The van der Waals surface area contributed by atoms with Crippen LogP contribution in [0, 0.1) is 0 Å². The predicted molar refractivity (Wildman–Crippen MR) is 78.5 cm³/mol. The number of rotatable bonds is 5. The molecule has 3 N–H and O–H groups in total. The number of nitrogens with two attached hydrogens (primary N) is 1. The highest BCUT2D eigenvalue weighted by Crippen LogP contribution is 2.31. The minimum atomic E-state index is -0.361. The standard InChI is InChI=1S/C12H13N3O2S2/c1-2-11(17)14-7-3-4-8-9(5-7)19-12(15-8)18-6-10(13)16/h3-5H,2,6H2,1H3,(H2,13,16)(H,14,17). The second kappa shape index (κ2) is 6.03. The van der Waals surface area contributed by atoms with Crippen molar-refractivity contribution >= 4 is 50.8 Å². The number of thiazole rings is 1. The Morgan fingerprint density at radius 3 is 2.95 bits per heavy atom. The molecule has 0 spiro atoms. The maximum atomic E-state index is 11.3. The molecule has 5 nitrogen and oxygen atoms in total. The van der Waals surface area contributed by atoms with Gasteiger partial charge in [0.1, 0.15) is 0 Å². The van der Waals surface area contributed by atoms with Crippen LogP contribution in [0.15, 0.2) is 22.5 Å². The summed E-state index contributed by atoms with van der Waals surface area (Å²) in [4.78, 5) is 26.4. The van der Waals surface area contributed by atoms with Gasteiger partial charge in [0, 0.05) is 12.1 Å². The number of fused-ring (bicyclic) bond motifs is 1. The highest BCUT2D eigenvalue weighted by Gasteiger charge is 2.07. The molecule has 1 aromatic carbocycles. The molecule has 1 heterocycles. The number of benzene rings is 1. The van der Waals surface area contributed by atoms with E-state index in [-0.39, 0.29) is 17.6 Å². The first-order valence-electron chi connectivity index (χ1n) is 5.70. The molecule has 0 unspecified atom stereocenters. The largest absolute Gasteiger partial charge is 0.369 e. The van der Waals surface area contributed by atoms with Crippen LogP contribution >= 0.6 is 23.1 Å². The van der Waals surface area contributed by atoms with Crippen LogP contribution < -0.4 is 11.1 Å². The lowest BCUT2D eigenvalue weighted by Crippen LogP contribution is -2.12. The fourth-order valence-corrected chi connectivity index (χ4v) is 3.27. The van der Waals surface area contributed by atoms with Gasteiger partial charge in [-0.1, -0.05) is 18.7 Å². The Kier molecular flexibility index (Phi) is 4.39. The number of primary amides is 1. The van der Waals surface area contributed by atoms with Crippen molar-refractivity contribution in [2.45, 2.75) is 17.7 Å². The second-order valence-corrected chi connectivity index (χ2v) is 6.07. The topological polar surface area (TPSA) is 85.1 Å². The van der Waals surface area contributed by atoms with E-state index in [1.54, 1.807) is 6.92 Å². The predicted octanol–water partition coefficient (Wildman–Crippen LogP) is 2.22. The minimum Gasteiger partial charge on any atom is -0.369 e. The van der Waals surface area contributed by atoms with Crippen molar-refractivity contribution in [2.75, 3.05) is 11.1 Å². The number of aromatic nitrogens is 1. The minimum absolute atomic E-state index is 0.0211. The van der Waals surface area contributed by atoms with E-state index in [9.17, 15) is 9.59 Å². The first kappa shape index (κ1) is 13.8. The summed E-state index contributed by atoms with van der Waals surface area (Å²) in [5.74, 6) is -0.161. The number of nitrogens with one attached hydrogen (secondary N) is 1. The summed E-state index contributed by atoms with van der Waals surface area (Å²) in [5, 5.41) is 2.80. The zero-order valence-corrected chi connectivity index (χ0v) is 11.9. The molecule has 2 aromatic rings. The highest BCUT2D eigenvalue weighted by atomic mass is 32.2. The van der Waals surface area contributed by atoms with E-state index in [0.29, 0.717) is 6.42 Å². The smallest absolute Gasteiger partial charge is 0.227 e. The number of hydrogen-bond acceptors (Lipinski definition) is 5. The summed E-state index contributed by atoms with van der Waals surface area (Å²) in [5.41, 5.74) is 6.71. The maximum absolute atomic E-state index is 11.3. The Hall–Kier alpha value is -1.60. The summed E-state index contributed by atoms with van der Waals surface area (Å²) in [6.45, 7) is 1.80. The maximum Gasteiger partial charge on any atom is 0.227 e. The summed E-state index contributed by atoms with van der Waals surface area (Å²) >= 11 is 2.80. The molecular weight excluding hydrogens is 282 g/mol. The fourth-order valence-electron chi connectivity index (χ4n) is 1.43. The van der Waals surface area contributed by atoms with E-state index in [4.69, 9.17) is 5.73 Å². The fraction of sp³-hybridized carbons (Fsp3) is 0.250. The molecule has 0 aliphatic carbocycles. The van der Waals surface area contributed by atoms with Crippen molar-refractivity contribution in [1.29, 1.82) is 0 Å². The Labute approximate surface area is 118 Å². The van der Waals surface area contributed by atoms with Gasteiger partial charge in [-0.2, -0.15) is 0 Å². The van der Waals surface area contributed by atoms with Gasteiger partial charge in [0.2, 0.25) is 11.8 Å². The van der Waals surface area contributed by atoms with E-state index in [1.807, 2.05) is 18.2 Å². The van der Waals surface area contributed by atoms with Gasteiger partial charge in [0.05, 0.1) is 16.0 Å². The third kappa shape index (κ3) is 3.68. The SMILES string of the molecule is CCC(=O)Nc1ccc2nc(SCC(N)=O)sc2c1. The number of carbonyl (C=O) groups excluding carboxylic acids is 2. The molecule has 0 aliphatic rings. The lowest BCUT2D eigenvalue weighted by molar-refractivity contribution is -0.116. The second-order valence-electron chi connectivity index (χ2n) is 3.82. The van der Waals surface area contributed by atoms with Gasteiger partial charge < -0.3 is 11.1 Å². The zero-order valence-electron chi connectivity index (χ0n) is 10.3. The Morgan fingerprint density at radius 1 is 1.47 bits per heavy atom. The number of anilines is 1. The van der Waals surface area contributed by atoms with Crippen molar-refractivity contribution in [3.63, 3.8) is 0 Å². The third-order valence-corrected chi connectivity index (χ3v) is 4.50. The molecule has 7 heteroatoms. The molecule has 1 aromatic heterocycles. The van der Waals surface area contributed by atoms with Crippen LogP contribution in [0.5, 0.6) is 0 Å². The van der Waals surface area contributed by atoms with Crippen LogP contribution in [-0.2, 0) is 9.59 Å². The van der Waals surface area contributed by atoms with Crippen molar-refractivity contribution in [2.24, 2.45) is 5.73 Å². The van der Waals surface area contributed by atoms with Crippen molar-refractivity contribution in [3.05, 3.63) is 18.2 Å². The summed E-state index contributed by atoms with van der Waals surface area (Å²) in [6, 6.07) is 5.55. The van der Waals surface area contributed by atoms with Gasteiger partial charge in [-0.3, -0.25) is 9.59 Å². The molecule has 0 saturated carbocycles. The molecule has 0 bridgehead atoms. The number of nitrogens with zero attached hydrogens (tertiary/aromatic N) is 1. The molecule has 2 amide bonds. The Morgan fingerprint density at radius 2 is 2.26 bits per heavy atom. The molecule has 0 fully saturated rings. The number of amides is 2. The van der Waals surface area contributed by atoms with Crippen LogP contribution in [-0.4, -0.2) is 22.6 Å². The van der Waals surface area contributed by atoms with Gasteiger partial charge in [-0.05, 0) is 18.2 Å². The molecule has 0 aliphatic heterocycles. The van der Waals surface area contributed by atoms with Crippen LogP contribution in [0.1, 0.15) is 13.3 Å². The highest BCUT2D eigenvalue weighted by molar-refractivity contribution is 8.01. The molecule has 0 atom stereocenters. The van der Waals surface area contributed by atoms with Crippen molar-refractivity contribution < 1.29 is 9.59 Å². The van der Waals surface area contributed by atoms with E-state index < -0.39 is 0 Å². The van der Waals surface area contributed by atoms with Crippen molar-refractivity contribution in [3.8, 4) is 0 Å². The summed E-state index contributed by atoms with van der Waals surface area (Å²) < 4.78 is 1.77. The van der Waals surface area contributed by atoms with Crippen LogP contribution in [0.2, 0.25) is 0 Å². The van der Waals surface area contributed by atoms with Crippen molar-refractivity contribution in [1.82, 2.24) is 4.98 Å². The molecule has 0 saturated heterocycles. The quantitative estimate of drug-likeness (QED) is 0.828. The van der Waals surface area contributed by atoms with Gasteiger partial charge in [0.25, 0.3) is 0 Å². The van der Waals surface area contributed by atoms with Gasteiger partial charge in [-0.15, -0.1) is 11.3 Å². The van der Waals surface area contributed by atoms with Crippen LogP contribution in [0.4, 0.5) is 5.69 Å². The van der Waals surface area contributed by atoms with Crippen LogP contribution in [0.3, 0.4) is 0 Å². The summed E-state index contributed by atoms with van der Waals surface area (Å²) in [7, 11) is 0. The molecule has 19 heavy (non-hydrogen) atoms. The molecule has 2 rings (SSSR count). The first-order chi connectivity index (χ1) is 9.08. The Balaban J connectivity index is 2.18. The number of carbonyl (C=O) groups is 2. The number of thioether (sulfide) groups is 1. The normalized spacial score (nSPS) is 10.6. The average molecular weight is 295 g/mol.